The number of ether oxygens (including phenoxy) is 1. The maximum Gasteiger partial charge on any atom is 0.338 e. The predicted octanol–water partition coefficient (Wildman–Crippen LogP) is 2.12. The molecule has 2 aromatic carbocycles. The summed E-state index contributed by atoms with van der Waals surface area (Å²) >= 11 is 0. The van der Waals surface area contributed by atoms with Crippen LogP contribution in [0.5, 0.6) is 0 Å². The first-order valence-electron chi connectivity index (χ1n) is 10.9. The van der Waals surface area contributed by atoms with Gasteiger partial charge in [0.15, 0.2) is 25.6 Å². The molecule has 198 valence electrons. The Morgan fingerprint density at radius 3 is 1.53 bits per heavy atom. The van der Waals surface area contributed by atoms with Crippen molar-refractivity contribution in [2.45, 2.75) is 50.3 Å². The molecule has 0 bridgehead atoms. The highest BCUT2D eigenvalue weighted by molar-refractivity contribution is 7.91. The van der Waals surface area contributed by atoms with Crippen LogP contribution in [-0.4, -0.2) is 54.3 Å². The summed E-state index contributed by atoms with van der Waals surface area (Å²) < 4.78 is 51.8. The summed E-state index contributed by atoms with van der Waals surface area (Å²) in [5.41, 5.74) is 13.0. The van der Waals surface area contributed by atoms with Crippen molar-refractivity contribution < 1.29 is 31.2 Å². The van der Waals surface area contributed by atoms with Crippen LogP contribution in [0.4, 0.5) is 0 Å². The quantitative estimate of drug-likeness (QED) is 0.316. The molecule has 0 unspecified atom stereocenters. The van der Waals surface area contributed by atoms with Gasteiger partial charge in [-0.05, 0) is 61.1 Å². The number of nitrogens with two attached hydrogens (primary N) is 2. The standard InChI is InChI=1S/C12H17N3O3S.C12H16O4S/c1-4-8-5-6-9(11(16)15-12(13)14)7(2)10(8)19(3,17)18;1-5-9-6-7-10(12(13)16-3)8(2)11(9)17(4,14)15/h5-6H,4H2,1-3H3,(H4,13,14,15,16);6-7H,5H2,1-4H3. The van der Waals surface area contributed by atoms with Crippen molar-refractivity contribution in [1.82, 2.24) is 0 Å². The van der Waals surface area contributed by atoms with E-state index in [1.807, 2.05) is 13.8 Å². The van der Waals surface area contributed by atoms with Crippen LogP contribution in [0.3, 0.4) is 0 Å². The lowest BCUT2D eigenvalue weighted by atomic mass is 10.0. The lowest BCUT2D eigenvalue weighted by Gasteiger charge is -2.12. The van der Waals surface area contributed by atoms with Crippen molar-refractivity contribution in [2.24, 2.45) is 16.5 Å². The number of rotatable bonds is 6. The molecule has 1 amide bonds. The van der Waals surface area contributed by atoms with Crippen molar-refractivity contribution in [2.75, 3.05) is 19.6 Å². The van der Waals surface area contributed by atoms with Gasteiger partial charge in [-0.15, -0.1) is 0 Å². The number of hydrogen-bond acceptors (Lipinski definition) is 7. The van der Waals surface area contributed by atoms with E-state index in [4.69, 9.17) is 11.5 Å². The highest BCUT2D eigenvalue weighted by atomic mass is 32.2. The Hall–Kier alpha value is -3.25. The fourth-order valence-corrected chi connectivity index (χ4v) is 6.53. The fraction of sp³-hybridized carbons (Fsp3) is 0.375. The van der Waals surface area contributed by atoms with Gasteiger partial charge in [0, 0.05) is 18.1 Å². The summed E-state index contributed by atoms with van der Waals surface area (Å²) in [6, 6.07) is 6.42. The Labute approximate surface area is 212 Å². The van der Waals surface area contributed by atoms with Crippen LogP contribution in [0.15, 0.2) is 39.0 Å². The average Bonchev–Trinajstić information content (AvgIpc) is 2.75. The number of methoxy groups -OCH3 is 1. The molecular formula is C24H33N3O7S2. The smallest absolute Gasteiger partial charge is 0.338 e. The van der Waals surface area contributed by atoms with Crippen molar-refractivity contribution in [3.05, 3.63) is 57.6 Å². The van der Waals surface area contributed by atoms with E-state index in [0.29, 0.717) is 35.1 Å². The van der Waals surface area contributed by atoms with E-state index in [-0.39, 0.29) is 21.3 Å². The minimum absolute atomic E-state index is 0.173. The second-order valence-electron chi connectivity index (χ2n) is 8.04. The van der Waals surface area contributed by atoms with Gasteiger partial charge < -0.3 is 16.2 Å². The van der Waals surface area contributed by atoms with Crippen LogP contribution < -0.4 is 11.5 Å². The third-order valence-corrected chi connectivity index (χ3v) is 7.96. The first-order valence-corrected chi connectivity index (χ1v) is 14.7. The molecular weight excluding hydrogens is 506 g/mol. The van der Waals surface area contributed by atoms with E-state index >= 15 is 0 Å². The Kier molecular flexibility index (Phi) is 10.4. The number of aliphatic imine (C=N–C) groups is 1. The number of amides is 1. The van der Waals surface area contributed by atoms with Gasteiger partial charge in [0.1, 0.15) is 0 Å². The summed E-state index contributed by atoms with van der Waals surface area (Å²) in [4.78, 5) is 27.1. The first kappa shape index (κ1) is 30.8. The molecule has 4 N–H and O–H groups in total. The van der Waals surface area contributed by atoms with Crippen molar-refractivity contribution in [1.29, 1.82) is 0 Å². The van der Waals surface area contributed by atoms with Crippen molar-refractivity contribution in [3.8, 4) is 0 Å². The Morgan fingerprint density at radius 1 is 0.806 bits per heavy atom. The van der Waals surface area contributed by atoms with E-state index in [1.165, 1.54) is 13.2 Å². The van der Waals surface area contributed by atoms with Crippen molar-refractivity contribution in [3.63, 3.8) is 0 Å². The first-order chi connectivity index (χ1) is 16.5. The highest BCUT2D eigenvalue weighted by Gasteiger charge is 2.22. The maximum atomic E-state index is 11.8. The number of carbonyl (C=O) groups excluding carboxylic acids is 2. The number of benzene rings is 2. The van der Waals surface area contributed by atoms with Gasteiger partial charge in [0.05, 0.1) is 22.5 Å². The number of esters is 1. The molecule has 0 aliphatic carbocycles. The summed E-state index contributed by atoms with van der Waals surface area (Å²) in [7, 11) is -5.50. The van der Waals surface area contributed by atoms with Crippen LogP contribution in [0.2, 0.25) is 0 Å². The Bertz CT molecular complexity index is 1410. The van der Waals surface area contributed by atoms with Gasteiger partial charge in [-0.1, -0.05) is 26.0 Å². The number of guanidine groups is 1. The predicted molar refractivity (Wildman–Crippen MR) is 139 cm³/mol. The number of aryl methyl sites for hydroxylation is 2. The monoisotopic (exact) mass is 539 g/mol. The molecule has 0 radical (unpaired) electrons. The molecule has 0 spiro atoms. The molecule has 2 aromatic rings. The molecule has 0 aliphatic heterocycles. The van der Waals surface area contributed by atoms with Gasteiger partial charge in [-0.2, -0.15) is 4.99 Å². The molecule has 0 atom stereocenters. The second-order valence-corrected chi connectivity index (χ2v) is 11.9. The number of sulfone groups is 2. The van der Waals surface area contributed by atoms with Crippen LogP contribution in [0.1, 0.15) is 56.8 Å². The minimum Gasteiger partial charge on any atom is -0.465 e. The largest absolute Gasteiger partial charge is 0.465 e. The maximum absolute atomic E-state index is 11.8. The number of hydrogen-bond donors (Lipinski definition) is 2. The third kappa shape index (κ3) is 7.37. The van der Waals surface area contributed by atoms with Crippen molar-refractivity contribution >= 4 is 37.5 Å². The van der Waals surface area contributed by atoms with E-state index in [0.717, 1.165) is 18.1 Å². The lowest BCUT2D eigenvalue weighted by Crippen LogP contribution is -2.24. The zero-order valence-corrected chi connectivity index (χ0v) is 23.1. The molecule has 2 rings (SSSR count). The SMILES string of the molecule is CCc1ccc(C(=O)N=C(N)N)c(C)c1S(C)(=O)=O.CCc1ccc(C(=O)OC)c(C)c1S(C)(=O)=O. The van der Waals surface area contributed by atoms with E-state index < -0.39 is 31.6 Å². The Balaban J connectivity index is 0.000000362. The van der Waals surface area contributed by atoms with Crippen LogP contribution in [0.25, 0.3) is 0 Å². The van der Waals surface area contributed by atoms with Gasteiger partial charge in [-0.3, -0.25) is 4.79 Å². The average molecular weight is 540 g/mol. The fourth-order valence-electron chi connectivity index (χ4n) is 3.83. The molecule has 0 aliphatic rings. The van der Waals surface area contributed by atoms with E-state index in [2.05, 4.69) is 9.73 Å². The molecule has 0 saturated carbocycles. The normalized spacial score (nSPS) is 11.2. The Morgan fingerprint density at radius 2 is 1.19 bits per heavy atom. The molecule has 0 fully saturated rings. The van der Waals surface area contributed by atoms with E-state index in [9.17, 15) is 26.4 Å². The third-order valence-electron chi connectivity index (χ3n) is 5.34. The molecule has 0 aromatic heterocycles. The lowest BCUT2D eigenvalue weighted by molar-refractivity contribution is 0.0599. The van der Waals surface area contributed by atoms with Gasteiger partial charge in [-0.25, -0.2) is 21.6 Å². The summed E-state index contributed by atoms with van der Waals surface area (Å²) in [6.07, 6.45) is 3.42. The summed E-state index contributed by atoms with van der Waals surface area (Å²) in [6.45, 7) is 6.93. The van der Waals surface area contributed by atoms with Crippen LogP contribution >= 0.6 is 0 Å². The minimum atomic E-state index is -3.42. The van der Waals surface area contributed by atoms with Crippen LogP contribution in [0, 0.1) is 13.8 Å². The highest BCUT2D eigenvalue weighted by Crippen LogP contribution is 2.26. The second kappa shape index (κ2) is 12.1. The topological polar surface area (TPSA) is 176 Å². The van der Waals surface area contributed by atoms with Gasteiger partial charge >= 0.3 is 5.97 Å². The number of nitrogens with zero attached hydrogens (tertiary/aromatic N) is 1. The number of carbonyl (C=O) groups is 2. The summed E-state index contributed by atoms with van der Waals surface area (Å²) in [5, 5.41) is 0. The van der Waals surface area contributed by atoms with E-state index in [1.54, 1.807) is 32.0 Å². The zero-order valence-electron chi connectivity index (χ0n) is 21.5. The molecule has 0 heterocycles. The zero-order chi connectivity index (χ0) is 28.0. The van der Waals surface area contributed by atoms with Gasteiger partial charge in [0.25, 0.3) is 5.91 Å². The molecule has 10 nitrogen and oxygen atoms in total. The van der Waals surface area contributed by atoms with Gasteiger partial charge in [0.2, 0.25) is 0 Å². The summed E-state index contributed by atoms with van der Waals surface area (Å²) in [5.74, 6) is -1.52. The molecule has 36 heavy (non-hydrogen) atoms. The molecule has 0 saturated heterocycles. The van der Waals surface area contributed by atoms with Crippen LogP contribution in [-0.2, 0) is 37.3 Å². The molecule has 12 heteroatoms.